The maximum Gasteiger partial charge on any atom is 0.264 e. The van der Waals surface area contributed by atoms with Crippen LogP contribution in [0.5, 0.6) is 11.5 Å². The van der Waals surface area contributed by atoms with Crippen LogP contribution in [0.15, 0.2) is 77.7 Å². The van der Waals surface area contributed by atoms with Crippen LogP contribution in [0.25, 0.3) is 0 Å². The van der Waals surface area contributed by atoms with Gasteiger partial charge >= 0.3 is 0 Å². The summed E-state index contributed by atoms with van der Waals surface area (Å²) >= 11 is 0. The van der Waals surface area contributed by atoms with Gasteiger partial charge in [-0.2, -0.15) is 0 Å². The Kier molecular flexibility index (Phi) is 10.6. The minimum absolute atomic E-state index is 0.0518. The number of nitrogens with one attached hydrogen (secondary N) is 1. The summed E-state index contributed by atoms with van der Waals surface area (Å²) in [5.41, 5.74) is 1.94. The van der Waals surface area contributed by atoms with Crippen LogP contribution in [0, 0.1) is 6.92 Å². The lowest BCUT2D eigenvalue weighted by Gasteiger charge is -2.32. The van der Waals surface area contributed by atoms with E-state index in [0.29, 0.717) is 30.3 Å². The zero-order valence-corrected chi connectivity index (χ0v) is 24.4. The van der Waals surface area contributed by atoms with E-state index in [2.05, 4.69) is 5.32 Å². The van der Waals surface area contributed by atoms with E-state index in [1.807, 2.05) is 19.9 Å². The third-order valence-corrected chi connectivity index (χ3v) is 8.12. The fourth-order valence-electron chi connectivity index (χ4n) is 4.11. The largest absolute Gasteiger partial charge is 0.497 e. The summed E-state index contributed by atoms with van der Waals surface area (Å²) in [6, 6.07) is 19.3. The van der Waals surface area contributed by atoms with Gasteiger partial charge in [-0.1, -0.05) is 29.8 Å². The third-order valence-electron chi connectivity index (χ3n) is 6.33. The summed E-state index contributed by atoms with van der Waals surface area (Å²) in [5, 5.41) is 2.75. The molecule has 0 radical (unpaired) electrons. The molecule has 0 aromatic heterocycles. The number of aryl methyl sites for hydroxylation is 1. The number of hydrogen-bond donors (Lipinski definition) is 1. The summed E-state index contributed by atoms with van der Waals surface area (Å²) in [7, 11) is -2.59. The van der Waals surface area contributed by atoms with Crippen molar-refractivity contribution in [2.24, 2.45) is 0 Å². The predicted molar refractivity (Wildman–Crippen MR) is 155 cm³/mol. The molecule has 40 heavy (non-hydrogen) atoms. The number of benzene rings is 3. The zero-order chi connectivity index (χ0) is 29.3. The summed E-state index contributed by atoms with van der Waals surface area (Å²) < 4.78 is 39.7. The predicted octanol–water partition coefficient (Wildman–Crippen LogP) is 4.15. The molecule has 0 unspecified atom stereocenters. The third kappa shape index (κ3) is 7.53. The number of amides is 2. The first-order valence-electron chi connectivity index (χ1n) is 13.1. The summed E-state index contributed by atoms with van der Waals surface area (Å²) in [4.78, 5) is 28.2. The number of carbonyl (C=O) groups excluding carboxylic acids is 2. The van der Waals surface area contributed by atoms with Crippen LogP contribution in [0.2, 0.25) is 0 Å². The second kappa shape index (κ2) is 13.8. The topological polar surface area (TPSA) is 105 Å². The van der Waals surface area contributed by atoms with Gasteiger partial charge in [0.1, 0.15) is 24.1 Å². The van der Waals surface area contributed by atoms with Gasteiger partial charge in [-0.05, 0) is 81.8 Å². The Hall–Kier alpha value is -4.05. The van der Waals surface area contributed by atoms with Crippen molar-refractivity contribution in [2.75, 3.05) is 31.1 Å². The summed E-state index contributed by atoms with van der Waals surface area (Å²) in [6.07, 6.45) is 0. The molecule has 1 atom stereocenters. The number of hydrogen-bond acceptors (Lipinski definition) is 6. The first-order chi connectivity index (χ1) is 19.1. The first-order valence-corrected chi connectivity index (χ1v) is 14.6. The number of carbonyl (C=O) groups is 2. The molecule has 3 aromatic carbocycles. The van der Waals surface area contributed by atoms with E-state index in [0.717, 1.165) is 15.4 Å². The van der Waals surface area contributed by atoms with Crippen molar-refractivity contribution in [3.8, 4) is 11.5 Å². The quantitative estimate of drug-likeness (QED) is 0.333. The highest BCUT2D eigenvalue weighted by atomic mass is 32.2. The molecule has 0 spiro atoms. The van der Waals surface area contributed by atoms with E-state index in [-0.39, 0.29) is 17.3 Å². The maximum absolute atomic E-state index is 13.9. The van der Waals surface area contributed by atoms with E-state index < -0.39 is 28.5 Å². The highest BCUT2D eigenvalue weighted by Gasteiger charge is 2.32. The zero-order valence-electron chi connectivity index (χ0n) is 23.6. The molecule has 2 amide bonds. The van der Waals surface area contributed by atoms with E-state index in [4.69, 9.17) is 9.47 Å². The molecule has 1 N–H and O–H groups in total. The van der Waals surface area contributed by atoms with Crippen molar-refractivity contribution in [3.63, 3.8) is 0 Å². The molecule has 0 saturated carbocycles. The smallest absolute Gasteiger partial charge is 0.264 e. The minimum Gasteiger partial charge on any atom is -0.497 e. The fourth-order valence-corrected chi connectivity index (χ4v) is 5.53. The van der Waals surface area contributed by atoms with Crippen molar-refractivity contribution in [2.45, 2.75) is 45.2 Å². The van der Waals surface area contributed by atoms with Crippen molar-refractivity contribution in [3.05, 3.63) is 83.9 Å². The average molecular weight is 568 g/mol. The van der Waals surface area contributed by atoms with Crippen molar-refractivity contribution < 1.29 is 27.5 Å². The van der Waals surface area contributed by atoms with Gasteiger partial charge in [0.2, 0.25) is 11.8 Å². The maximum atomic E-state index is 13.9. The van der Waals surface area contributed by atoms with Crippen LogP contribution in [0.1, 0.15) is 31.9 Å². The monoisotopic (exact) mass is 567 g/mol. The molecule has 0 aliphatic heterocycles. The van der Waals surface area contributed by atoms with Crippen LogP contribution in [-0.4, -0.2) is 58.0 Å². The lowest BCUT2D eigenvalue weighted by atomic mass is 10.1. The van der Waals surface area contributed by atoms with Gasteiger partial charge in [0.05, 0.1) is 24.3 Å². The van der Waals surface area contributed by atoms with Crippen molar-refractivity contribution >= 4 is 27.5 Å². The molecule has 0 fully saturated rings. The van der Waals surface area contributed by atoms with Gasteiger partial charge in [-0.3, -0.25) is 13.9 Å². The highest BCUT2D eigenvalue weighted by Crippen LogP contribution is 2.27. The Morgan fingerprint density at radius 1 is 0.950 bits per heavy atom. The van der Waals surface area contributed by atoms with Gasteiger partial charge < -0.3 is 19.7 Å². The SMILES string of the molecule is CCNC(=O)[C@H](C)N(Cc1cccc(OC)c1)C(=O)CN(c1ccc(OCC)cc1)S(=O)(=O)c1ccc(C)cc1. The molecule has 3 aromatic rings. The first kappa shape index (κ1) is 30.5. The summed E-state index contributed by atoms with van der Waals surface area (Å²) in [6.45, 7) is 7.55. The normalized spacial score (nSPS) is 11.8. The van der Waals surface area contributed by atoms with Gasteiger partial charge in [0.25, 0.3) is 10.0 Å². The Labute approximate surface area is 236 Å². The number of nitrogens with zero attached hydrogens (tertiary/aromatic N) is 2. The van der Waals surface area contributed by atoms with Gasteiger partial charge in [-0.25, -0.2) is 8.42 Å². The molecule has 214 valence electrons. The number of rotatable bonds is 13. The molecule has 0 bridgehead atoms. The molecule has 0 heterocycles. The second-order valence-electron chi connectivity index (χ2n) is 9.20. The van der Waals surface area contributed by atoms with Crippen molar-refractivity contribution in [1.29, 1.82) is 0 Å². The van der Waals surface area contributed by atoms with Gasteiger partial charge in [-0.15, -0.1) is 0 Å². The molecule has 0 aliphatic carbocycles. The number of methoxy groups -OCH3 is 1. The second-order valence-corrected chi connectivity index (χ2v) is 11.1. The minimum atomic E-state index is -4.14. The lowest BCUT2D eigenvalue weighted by molar-refractivity contribution is -0.139. The number of sulfonamides is 1. The van der Waals surface area contributed by atoms with Gasteiger partial charge in [0, 0.05) is 13.1 Å². The lowest BCUT2D eigenvalue weighted by Crippen LogP contribution is -2.51. The number of anilines is 1. The average Bonchev–Trinajstić information content (AvgIpc) is 2.95. The van der Waals surface area contributed by atoms with Crippen LogP contribution in [0.4, 0.5) is 5.69 Å². The molecule has 10 heteroatoms. The molecular formula is C30H37N3O6S. The van der Waals surface area contributed by atoms with Crippen LogP contribution in [0.3, 0.4) is 0 Å². The Bertz CT molecular complexity index is 1390. The molecule has 3 rings (SSSR count). The van der Waals surface area contributed by atoms with E-state index in [1.54, 1.807) is 75.6 Å². The fraction of sp³-hybridized carbons (Fsp3) is 0.333. The number of ether oxygens (including phenoxy) is 2. The van der Waals surface area contributed by atoms with Gasteiger partial charge in [0.15, 0.2) is 0 Å². The van der Waals surface area contributed by atoms with Crippen LogP contribution < -0.4 is 19.1 Å². The van der Waals surface area contributed by atoms with E-state index >= 15 is 0 Å². The van der Waals surface area contributed by atoms with Crippen LogP contribution in [-0.2, 0) is 26.2 Å². The number of likely N-dealkylation sites (N-methyl/N-ethyl adjacent to an activating group) is 1. The highest BCUT2D eigenvalue weighted by molar-refractivity contribution is 7.92. The Morgan fingerprint density at radius 2 is 1.62 bits per heavy atom. The molecule has 0 aliphatic rings. The van der Waals surface area contributed by atoms with Crippen molar-refractivity contribution in [1.82, 2.24) is 10.2 Å². The molecule has 0 saturated heterocycles. The standard InChI is InChI=1S/C30H37N3O6S/c1-6-31-30(35)23(4)32(20-24-9-8-10-27(19-24)38-5)29(34)21-33(25-13-15-26(16-14-25)39-7-2)40(36,37)28-17-11-22(3)12-18-28/h8-19,23H,6-7,20-21H2,1-5H3,(H,31,35)/t23-/m0/s1. The molecule has 9 nitrogen and oxygen atoms in total. The molecular weight excluding hydrogens is 530 g/mol. The van der Waals surface area contributed by atoms with E-state index in [1.165, 1.54) is 17.0 Å². The Balaban J connectivity index is 2.03. The Morgan fingerprint density at radius 3 is 2.23 bits per heavy atom. The van der Waals surface area contributed by atoms with E-state index in [9.17, 15) is 18.0 Å². The summed E-state index contributed by atoms with van der Waals surface area (Å²) in [5.74, 6) is 0.308. The van der Waals surface area contributed by atoms with Crippen LogP contribution >= 0.6 is 0 Å².